The van der Waals surface area contributed by atoms with E-state index < -0.39 is 0 Å². The third-order valence-electron chi connectivity index (χ3n) is 20.0. The number of unbranched alkanes of at least 4 members (excludes halogenated alkanes) is 36. The minimum Gasteiger partial charge on any atom is -0.380 e. The van der Waals surface area contributed by atoms with Crippen LogP contribution in [0, 0.1) is 0 Å². The minimum atomic E-state index is 0.828. The zero-order valence-corrected chi connectivity index (χ0v) is 67.7. The van der Waals surface area contributed by atoms with Crippen LogP contribution in [0.25, 0.3) is 58.5 Å². The third-order valence-corrected chi connectivity index (χ3v) is 29.7. The molecule has 0 saturated carbocycles. The molecule has 0 atom stereocenters. The number of thiophene rings is 8. The second kappa shape index (κ2) is 46.9. The van der Waals surface area contributed by atoms with Crippen molar-refractivity contribution in [1.29, 1.82) is 0 Å². The van der Waals surface area contributed by atoms with Gasteiger partial charge >= 0.3 is 0 Å². The van der Waals surface area contributed by atoms with Gasteiger partial charge < -0.3 is 10.6 Å². The molecule has 0 spiro atoms. The van der Waals surface area contributed by atoms with Crippen LogP contribution < -0.4 is 10.6 Å². The molecule has 0 aliphatic carbocycles. The van der Waals surface area contributed by atoms with Gasteiger partial charge in [-0.25, -0.2) is 0 Å². The number of anilines is 2. The summed E-state index contributed by atoms with van der Waals surface area (Å²) < 4.78 is 0. The van der Waals surface area contributed by atoms with Crippen molar-refractivity contribution in [3.63, 3.8) is 0 Å². The molecule has 9 aromatic rings. The highest BCUT2D eigenvalue weighted by Crippen LogP contribution is 2.48. The smallest absolute Gasteiger partial charge is 0.0494 e. The van der Waals surface area contributed by atoms with Crippen LogP contribution in [0.1, 0.15) is 317 Å². The number of hydrogen-bond acceptors (Lipinski definition) is 10. The Hall–Kier alpha value is -3.58. The lowest BCUT2D eigenvalue weighted by Crippen LogP contribution is -2.00. The Morgan fingerprint density at radius 1 is 0.235 bits per heavy atom. The first kappa shape index (κ1) is 78.6. The lowest BCUT2D eigenvalue weighted by atomic mass is 10.0. The Balaban J connectivity index is 0.815. The van der Waals surface area contributed by atoms with Crippen LogP contribution in [-0.2, 0) is 38.8 Å². The van der Waals surface area contributed by atoms with Crippen molar-refractivity contribution in [3.05, 3.63) is 140 Å². The Morgan fingerprint density at radius 2 is 0.490 bits per heavy atom. The van der Waals surface area contributed by atoms with Gasteiger partial charge in [-0.2, -0.15) is 0 Å². The average molecular weight is 1470 g/mol. The Kier molecular flexibility index (Phi) is 37.6. The van der Waals surface area contributed by atoms with Crippen LogP contribution in [0.15, 0.2) is 108 Å². The highest BCUT2D eigenvalue weighted by molar-refractivity contribution is 7.29. The van der Waals surface area contributed by atoms with Gasteiger partial charge in [0.2, 0.25) is 0 Å². The van der Waals surface area contributed by atoms with Crippen molar-refractivity contribution >= 4 is 102 Å². The number of hydrogen-bond donors (Lipinski definition) is 2. The largest absolute Gasteiger partial charge is 0.380 e. The summed E-state index contributed by atoms with van der Waals surface area (Å²) in [6.07, 6.45) is 59.9. The molecule has 10 heteroatoms. The molecule has 0 bridgehead atoms. The standard InChI is InChI=1S/C88H124N2S8/c1-5-9-13-17-21-25-29-33-37-41-46-69-60-62-91-85(69)81-56-52-77(95-81)79-54-58-83(97-79)87-71(48-43-39-35-31-27-23-19-15-11-7-3)64-75(93-87)67-89-73-50-45-51-74(66-73)90-68-76-65-72(49-44-40-36-32-28-24-20-16-12-8-4)88(94-76)84-59-55-80(98-84)78-53-57-82(96-78)86-70(61-63-92-86)47-42-38-34-30-26-22-18-14-10-6-2/h45,50-66,89-90H,5-44,46-49,67-68H2,1-4H3. The topological polar surface area (TPSA) is 24.1 Å². The van der Waals surface area contributed by atoms with Crippen molar-refractivity contribution in [2.45, 2.75) is 323 Å². The van der Waals surface area contributed by atoms with Gasteiger partial charge in [0.05, 0.1) is 0 Å². The zero-order chi connectivity index (χ0) is 67.9. The third kappa shape index (κ3) is 27.2. The maximum absolute atomic E-state index is 3.90. The summed E-state index contributed by atoms with van der Waals surface area (Å²) in [5.41, 5.74) is 8.52. The molecule has 0 saturated heterocycles. The van der Waals surface area contributed by atoms with Crippen molar-refractivity contribution < 1.29 is 0 Å². The molecular formula is C88H124N2S8. The summed E-state index contributed by atoms with van der Waals surface area (Å²) in [4.78, 5) is 20.1. The van der Waals surface area contributed by atoms with Crippen LogP contribution in [0.3, 0.4) is 0 Å². The van der Waals surface area contributed by atoms with Crippen LogP contribution >= 0.6 is 90.7 Å². The van der Waals surface area contributed by atoms with E-state index in [1.165, 1.54) is 360 Å². The lowest BCUT2D eigenvalue weighted by Gasteiger charge is -2.09. The van der Waals surface area contributed by atoms with Gasteiger partial charge in [0.15, 0.2) is 0 Å². The Labute approximate surface area is 628 Å². The first-order chi connectivity index (χ1) is 48.5. The summed E-state index contributed by atoms with van der Waals surface area (Å²) >= 11 is 15.9. The normalized spacial score (nSPS) is 11.7. The van der Waals surface area contributed by atoms with Crippen molar-refractivity contribution in [2.24, 2.45) is 0 Å². The van der Waals surface area contributed by atoms with E-state index in [2.05, 4.69) is 146 Å². The molecule has 534 valence electrons. The molecule has 0 aliphatic heterocycles. The van der Waals surface area contributed by atoms with E-state index in [9.17, 15) is 0 Å². The second-order valence-electron chi connectivity index (χ2n) is 28.4. The first-order valence-corrected chi connectivity index (χ1v) is 46.5. The predicted molar refractivity (Wildman–Crippen MR) is 452 cm³/mol. The SMILES string of the molecule is CCCCCCCCCCCCc1ccsc1-c1ccc(-c2ccc(-c3sc(CNc4cccc(NCc5cc(CCCCCCCCCCCC)c(-c6ccc(-c7ccc(-c8sccc8CCCCCCCCCCCC)s7)s6)s5)c4)cc3CCCCCCCCCCCC)s2)s1. The van der Waals surface area contributed by atoms with Crippen LogP contribution in [0.5, 0.6) is 0 Å². The zero-order valence-electron chi connectivity index (χ0n) is 61.2. The van der Waals surface area contributed by atoms with E-state index in [0.717, 1.165) is 25.9 Å². The van der Waals surface area contributed by atoms with Gasteiger partial charge in [-0.1, -0.05) is 265 Å². The lowest BCUT2D eigenvalue weighted by molar-refractivity contribution is 0.556. The molecular weight excluding hydrogens is 1340 g/mol. The fourth-order valence-electron chi connectivity index (χ4n) is 14.1. The Morgan fingerprint density at radius 3 is 0.786 bits per heavy atom. The molecule has 1 aromatic carbocycles. The molecule has 2 N–H and O–H groups in total. The van der Waals surface area contributed by atoms with Gasteiger partial charge in [-0.3, -0.25) is 0 Å². The van der Waals surface area contributed by atoms with Crippen molar-refractivity contribution in [3.8, 4) is 58.5 Å². The fraction of sp³-hybridized carbons (Fsp3) is 0.568. The highest BCUT2D eigenvalue weighted by Gasteiger charge is 2.20. The quantitative estimate of drug-likeness (QED) is 0.0371. The molecule has 0 amide bonds. The van der Waals surface area contributed by atoms with Crippen molar-refractivity contribution in [1.82, 2.24) is 0 Å². The summed E-state index contributed by atoms with van der Waals surface area (Å²) in [5.74, 6) is 0. The molecule has 9 rings (SSSR count). The summed E-state index contributed by atoms with van der Waals surface area (Å²) in [6, 6.07) is 38.2. The van der Waals surface area contributed by atoms with E-state index in [0.29, 0.717) is 0 Å². The molecule has 98 heavy (non-hydrogen) atoms. The summed E-state index contributed by atoms with van der Waals surface area (Å²) in [7, 11) is 0. The molecule has 8 heterocycles. The average Bonchev–Trinajstić information content (AvgIpc) is 1.80. The number of aryl methyl sites for hydroxylation is 4. The van der Waals surface area contributed by atoms with E-state index in [1.807, 2.05) is 90.7 Å². The van der Waals surface area contributed by atoms with Gasteiger partial charge in [-0.15, -0.1) is 90.7 Å². The predicted octanol–water partition coefficient (Wildman–Crippen LogP) is 33.3. The fourth-order valence-corrected chi connectivity index (χ4v) is 23.2. The van der Waals surface area contributed by atoms with Gasteiger partial charge in [0.1, 0.15) is 0 Å². The molecule has 8 aromatic heterocycles. The molecule has 0 radical (unpaired) electrons. The second-order valence-corrected chi connectivity index (χ2v) is 36.8. The summed E-state index contributed by atoms with van der Waals surface area (Å²) in [5, 5.41) is 12.5. The maximum atomic E-state index is 3.90. The van der Waals surface area contributed by atoms with Gasteiger partial charge in [-0.05, 0) is 175 Å². The maximum Gasteiger partial charge on any atom is 0.0494 e. The number of benzene rings is 1. The number of nitrogens with one attached hydrogen (secondary N) is 2. The molecule has 0 fully saturated rings. The minimum absolute atomic E-state index is 0.828. The van der Waals surface area contributed by atoms with Crippen LogP contribution in [0.4, 0.5) is 11.4 Å². The molecule has 2 nitrogen and oxygen atoms in total. The van der Waals surface area contributed by atoms with E-state index in [-0.39, 0.29) is 0 Å². The monoisotopic (exact) mass is 1460 g/mol. The van der Waals surface area contributed by atoms with E-state index >= 15 is 0 Å². The summed E-state index contributed by atoms with van der Waals surface area (Å²) in [6.45, 7) is 10.9. The van der Waals surface area contributed by atoms with E-state index in [1.54, 1.807) is 11.1 Å². The van der Waals surface area contributed by atoms with Crippen LogP contribution in [-0.4, -0.2) is 0 Å². The molecule has 0 unspecified atom stereocenters. The van der Waals surface area contributed by atoms with Gasteiger partial charge in [0.25, 0.3) is 0 Å². The van der Waals surface area contributed by atoms with Crippen molar-refractivity contribution in [2.75, 3.05) is 10.6 Å². The van der Waals surface area contributed by atoms with E-state index in [4.69, 9.17) is 0 Å². The highest BCUT2D eigenvalue weighted by atomic mass is 32.1. The van der Waals surface area contributed by atoms with Crippen LogP contribution in [0.2, 0.25) is 0 Å². The first-order valence-electron chi connectivity index (χ1n) is 39.8. The number of rotatable bonds is 56. The Bertz CT molecular complexity index is 3280. The molecule has 0 aliphatic rings. The van der Waals surface area contributed by atoms with Gasteiger partial charge in [0, 0.05) is 92.7 Å².